The van der Waals surface area contributed by atoms with Crippen molar-refractivity contribution in [1.29, 1.82) is 0 Å². The third-order valence-corrected chi connectivity index (χ3v) is 8.13. The van der Waals surface area contributed by atoms with E-state index in [1.165, 1.54) is 25.0 Å². The number of amides is 4. The topological polar surface area (TPSA) is 162 Å². The van der Waals surface area contributed by atoms with Crippen LogP contribution in [0.2, 0.25) is 0 Å². The molecule has 3 N–H and O–H groups in total. The van der Waals surface area contributed by atoms with Gasteiger partial charge in [-0.05, 0) is 48.6 Å². The molecule has 0 aromatic heterocycles. The number of hydrogen-bond acceptors (Lipinski definition) is 7. The molecule has 0 saturated carbocycles. The van der Waals surface area contributed by atoms with E-state index in [1.807, 2.05) is 20.8 Å². The number of nitrogens with zero attached hydrogens (tertiary/aromatic N) is 2. The summed E-state index contributed by atoms with van der Waals surface area (Å²) in [6.45, 7) is 8.80. The summed E-state index contributed by atoms with van der Waals surface area (Å²) in [6, 6.07) is 9.09. The number of ether oxygens (including phenoxy) is 1. The molecule has 0 bridgehead atoms. The molecule has 1 aliphatic rings. The van der Waals surface area contributed by atoms with Crippen molar-refractivity contribution in [1.82, 2.24) is 9.62 Å². The molecule has 41 heavy (non-hydrogen) atoms. The van der Waals surface area contributed by atoms with Crippen LogP contribution in [0.15, 0.2) is 36.4 Å². The molecule has 0 aliphatic carbocycles. The number of carboxylic acids is 1. The lowest BCUT2D eigenvalue weighted by atomic mass is 9.84. The standard InChI is InChI=1S/C28H36N4O8S/c1-7-28(5,25(35)36)32(41(38)39)16-17-8-10-18(11-9-17)29-24(34)20-14-19(31-13-12-22(33)30-26(31)37)15-21(23(20)40-6)27(2,3)4/h8-11,14-15,41H,7,12-13,16H2,1-6H3,(H,29,34)(H,35,36)(H,30,33,37). The highest BCUT2D eigenvalue weighted by molar-refractivity contribution is 7.69. The van der Waals surface area contributed by atoms with Crippen molar-refractivity contribution < 1.29 is 37.4 Å². The van der Waals surface area contributed by atoms with Crippen molar-refractivity contribution in [2.75, 3.05) is 23.9 Å². The van der Waals surface area contributed by atoms with Crippen LogP contribution in [-0.4, -0.2) is 60.8 Å². The number of carbonyl (C=O) groups excluding carboxylic acids is 3. The van der Waals surface area contributed by atoms with Gasteiger partial charge in [0.05, 0.1) is 12.7 Å². The van der Waals surface area contributed by atoms with Gasteiger partial charge in [-0.25, -0.2) is 13.2 Å². The Morgan fingerprint density at radius 1 is 1.12 bits per heavy atom. The van der Waals surface area contributed by atoms with Gasteiger partial charge in [-0.1, -0.05) is 39.8 Å². The zero-order valence-electron chi connectivity index (χ0n) is 23.9. The fourth-order valence-electron chi connectivity index (χ4n) is 4.45. The van der Waals surface area contributed by atoms with Gasteiger partial charge in [-0.2, -0.15) is 4.31 Å². The molecule has 1 atom stereocenters. The van der Waals surface area contributed by atoms with Gasteiger partial charge in [0.1, 0.15) is 11.3 Å². The number of nitrogens with one attached hydrogen (secondary N) is 2. The molecule has 1 unspecified atom stereocenters. The van der Waals surface area contributed by atoms with E-state index in [4.69, 9.17) is 4.74 Å². The average molecular weight is 589 g/mol. The lowest BCUT2D eigenvalue weighted by molar-refractivity contribution is -0.147. The Morgan fingerprint density at radius 2 is 1.76 bits per heavy atom. The van der Waals surface area contributed by atoms with E-state index in [1.54, 1.807) is 37.3 Å². The molecule has 1 aliphatic heterocycles. The third-order valence-electron chi connectivity index (χ3n) is 7.16. The number of carboxylic acid groups (broad SMARTS) is 1. The van der Waals surface area contributed by atoms with Crippen LogP contribution >= 0.6 is 0 Å². The zero-order valence-corrected chi connectivity index (χ0v) is 24.8. The first kappa shape index (κ1) is 31.6. The smallest absolute Gasteiger partial charge is 0.328 e. The molecule has 2 aromatic carbocycles. The van der Waals surface area contributed by atoms with Crippen LogP contribution in [-0.2, 0) is 32.4 Å². The number of hydrogen-bond donors (Lipinski definition) is 4. The Labute approximate surface area is 240 Å². The molecule has 0 radical (unpaired) electrons. The number of benzene rings is 2. The maximum atomic E-state index is 13.5. The summed E-state index contributed by atoms with van der Waals surface area (Å²) in [4.78, 5) is 50.9. The minimum atomic E-state index is -3.18. The fourth-order valence-corrected chi connectivity index (χ4v) is 5.31. The second-order valence-corrected chi connectivity index (χ2v) is 11.9. The van der Waals surface area contributed by atoms with E-state index in [2.05, 4.69) is 10.6 Å². The Hall–Kier alpha value is -3.97. The van der Waals surface area contributed by atoms with Crippen molar-refractivity contribution in [2.24, 2.45) is 0 Å². The predicted molar refractivity (Wildman–Crippen MR) is 154 cm³/mol. The molecule has 12 nitrogen and oxygen atoms in total. The first-order valence-corrected chi connectivity index (χ1v) is 14.1. The molecule has 1 heterocycles. The summed E-state index contributed by atoms with van der Waals surface area (Å²) in [6.07, 6.45) is 0.199. The Morgan fingerprint density at radius 3 is 2.24 bits per heavy atom. The van der Waals surface area contributed by atoms with Crippen LogP contribution in [0.3, 0.4) is 0 Å². The van der Waals surface area contributed by atoms with Crippen LogP contribution in [0.4, 0.5) is 16.2 Å². The number of methoxy groups -OCH3 is 1. The SMILES string of the molecule is CCC(C)(C(=O)O)N(Cc1ccc(NC(=O)c2cc(N3CCC(=O)NC3=O)cc(C(C)(C)C)c2OC)cc1)[SH](=O)=O. The Kier molecular flexibility index (Phi) is 9.44. The van der Waals surface area contributed by atoms with Crippen LogP contribution in [0.1, 0.15) is 68.9 Å². The van der Waals surface area contributed by atoms with Crippen LogP contribution in [0, 0.1) is 0 Å². The summed E-state index contributed by atoms with van der Waals surface area (Å²) in [7, 11) is -1.73. The van der Waals surface area contributed by atoms with Crippen molar-refractivity contribution >= 4 is 46.1 Å². The van der Waals surface area contributed by atoms with Gasteiger partial charge in [0.15, 0.2) is 0 Å². The zero-order chi connectivity index (χ0) is 30.7. The van der Waals surface area contributed by atoms with Crippen molar-refractivity contribution in [3.63, 3.8) is 0 Å². The monoisotopic (exact) mass is 588 g/mol. The van der Waals surface area contributed by atoms with E-state index in [0.29, 0.717) is 28.3 Å². The first-order valence-electron chi connectivity index (χ1n) is 13.0. The molecule has 2 aromatic rings. The highest BCUT2D eigenvalue weighted by atomic mass is 32.2. The fraction of sp³-hybridized carbons (Fsp3) is 0.429. The second kappa shape index (κ2) is 12.3. The quantitative estimate of drug-likeness (QED) is 0.307. The second-order valence-electron chi connectivity index (χ2n) is 11.0. The summed E-state index contributed by atoms with van der Waals surface area (Å²) < 4.78 is 30.4. The van der Waals surface area contributed by atoms with Gasteiger partial charge in [0.25, 0.3) is 5.91 Å². The van der Waals surface area contributed by atoms with Crippen molar-refractivity contribution in [3.8, 4) is 5.75 Å². The summed E-state index contributed by atoms with van der Waals surface area (Å²) in [5, 5.41) is 14.7. The predicted octanol–water partition coefficient (Wildman–Crippen LogP) is 3.27. The number of imide groups is 1. The van der Waals surface area contributed by atoms with E-state index in [-0.39, 0.29) is 37.4 Å². The molecule has 222 valence electrons. The van der Waals surface area contributed by atoms with E-state index in [9.17, 15) is 32.7 Å². The van der Waals surface area contributed by atoms with Gasteiger partial charge in [-0.3, -0.25) is 24.6 Å². The largest absolute Gasteiger partial charge is 0.496 e. The summed E-state index contributed by atoms with van der Waals surface area (Å²) >= 11 is 0. The van der Waals surface area contributed by atoms with Gasteiger partial charge >= 0.3 is 12.0 Å². The van der Waals surface area contributed by atoms with Gasteiger partial charge in [-0.15, -0.1) is 0 Å². The maximum absolute atomic E-state index is 13.5. The third kappa shape index (κ3) is 6.85. The Balaban J connectivity index is 1.93. The average Bonchev–Trinajstić information content (AvgIpc) is 2.90. The number of carbonyl (C=O) groups is 4. The van der Waals surface area contributed by atoms with Crippen molar-refractivity contribution in [2.45, 2.75) is 65.0 Å². The van der Waals surface area contributed by atoms with E-state index >= 15 is 0 Å². The maximum Gasteiger partial charge on any atom is 0.328 e. The number of thiol groups is 1. The van der Waals surface area contributed by atoms with Crippen LogP contribution < -0.4 is 20.3 Å². The highest BCUT2D eigenvalue weighted by Crippen LogP contribution is 2.38. The van der Waals surface area contributed by atoms with Crippen LogP contribution in [0.25, 0.3) is 0 Å². The normalized spacial score (nSPS) is 15.5. The van der Waals surface area contributed by atoms with Gasteiger partial charge < -0.3 is 15.2 Å². The molecular weight excluding hydrogens is 552 g/mol. The van der Waals surface area contributed by atoms with E-state index in [0.717, 1.165) is 4.31 Å². The number of urea groups is 1. The number of aliphatic carboxylic acids is 1. The van der Waals surface area contributed by atoms with Gasteiger partial charge in [0, 0.05) is 36.4 Å². The van der Waals surface area contributed by atoms with Crippen LogP contribution in [0.5, 0.6) is 5.75 Å². The molecule has 1 saturated heterocycles. The molecule has 3 rings (SSSR count). The molecule has 13 heteroatoms. The molecular formula is C28H36N4O8S. The summed E-state index contributed by atoms with van der Waals surface area (Å²) in [5.74, 6) is -1.79. The van der Waals surface area contributed by atoms with Crippen molar-refractivity contribution in [3.05, 3.63) is 53.1 Å². The first-order chi connectivity index (χ1) is 19.1. The molecule has 4 amide bonds. The Bertz CT molecular complexity index is 1420. The summed E-state index contributed by atoms with van der Waals surface area (Å²) in [5.41, 5.74) is 0.170. The lowest BCUT2D eigenvalue weighted by Gasteiger charge is -2.32. The molecule has 1 fully saturated rings. The minimum absolute atomic E-state index is 0.0760. The lowest BCUT2D eigenvalue weighted by Crippen LogP contribution is -2.50. The number of anilines is 2. The van der Waals surface area contributed by atoms with E-state index < -0.39 is 39.8 Å². The minimum Gasteiger partial charge on any atom is -0.496 e. The molecule has 0 spiro atoms. The number of rotatable bonds is 10. The van der Waals surface area contributed by atoms with Gasteiger partial charge in [0.2, 0.25) is 16.8 Å². The highest BCUT2D eigenvalue weighted by Gasteiger charge is 2.40.